The molecule has 1 aliphatic heterocycles. The number of likely N-dealkylation sites (tertiary alicyclic amines) is 1. The van der Waals surface area contributed by atoms with Gasteiger partial charge >= 0.3 is 6.18 Å². The van der Waals surface area contributed by atoms with Crippen molar-refractivity contribution >= 4 is 11.8 Å². The molecule has 3 atom stereocenters. The molecule has 1 heterocycles. The van der Waals surface area contributed by atoms with Gasteiger partial charge in [-0.1, -0.05) is 27.7 Å². The fraction of sp³-hybridized carbons (Fsp3) is 0.857. The van der Waals surface area contributed by atoms with Gasteiger partial charge in [-0.05, 0) is 11.3 Å². The van der Waals surface area contributed by atoms with Gasteiger partial charge in [-0.3, -0.25) is 9.59 Å². The lowest BCUT2D eigenvalue weighted by atomic mass is 9.80. The van der Waals surface area contributed by atoms with Crippen molar-refractivity contribution in [1.82, 2.24) is 4.90 Å². The van der Waals surface area contributed by atoms with Gasteiger partial charge in [0.15, 0.2) is 0 Å². The molecule has 0 saturated carbocycles. The van der Waals surface area contributed by atoms with Crippen LogP contribution in [0, 0.1) is 23.2 Å². The van der Waals surface area contributed by atoms with Crippen molar-refractivity contribution in [1.29, 1.82) is 0 Å². The number of hydrogen-bond donors (Lipinski definition) is 1. The van der Waals surface area contributed by atoms with Gasteiger partial charge in [0.2, 0.25) is 11.8 Å². The zero-order chi connectivity index (χ0) is 16.6. The average molecular weight is 308 g/mol. The van der Waals surface area contributed by atoms with Crippen LogP contribution in [0.5, 0.6) is 0 Å². The van der Waals surface area contributed by atoms with Crippen LogP contribution in [-0.4, -0.2) is 36.0 Å². The molecule has 0 bridgehead atoms. The maximum absolute atomic E-state index is 12.9. The molecule has 0 aromatic carbocycles. The summed E-state index contributed by atoms with van der Waals surface area (Å²) in [5.74, 6) is -4.53. The zero-order valence-electron chi connectivity index (χ0n) is 12.8. The molecular weight excluding hydrogens is 285 g/mol. The highest BCUT2D eigenvalue weighted by Crippen LogP contribution is 2.38. The quantitative estimate of drug-likeness (QED) is 0.868. The Morgan fingerprint density at radius 2 is 1.76 bits per heavy atom. The molecule has 1 fully saturated rings. The molecule has 0 aromatic heterocycles. The summed E-state index contributed by atoms with van der Waals surface area (Å²) in [4.78, 5) is 24.5. The Bertz CT molecular complexity index is 415. The summed E-state index contributed by atoms with van der Waals surface area (Å²) >= 11 is 0. The van der Waals surface area contributed by atoms with Crippen LogP contribution in [0.2, 0.25) is 0 Å². The number of nitrogens with two attached hydrogens (primary N) is 1. The van der Waals surface area contributed by atoms with E-state index in [1.54, 1.807) is 0 Å². The number of amides is 2. The molecule has 122 valence electrons. The van der Waals surface area contributed by atoms with E-state index in [1.165, 1.54) is 0 Å². The third-order valence-electron chi connectivity index (χ3n) is 4.42. The summed E-state index contributed by atoms with van der Waals surface area (Å²) in [5.41, 5.74) is 4.93. The first kappa shape index (κ1) is 17.8. The Morgan fingerprint density at radius 3 is 2.10 bits per heavy atom. The van der Waals surface area contributed by atoms with Crippen LogP contribution in [0.15, 0.2) is 0 Å². The first-order chi connectivity index (χ1) is 9.34. The van der Waals surface area contributed by atoms with Gasteiger partial charge in [-0.2, -0.15) is 13.2 Å². The topological polar surface area (TPSA) is 63.4 Å². The van der Waals surface area contributed by atoms with E-state index in [-0.39, 0.29) is 30.2 Å². The van der Waals surface area contributed by atoms with Crippen LogP contribution in [-0.2, 0) is 9.59 Å². The first-order valence-corrected chi connectivity index (χ1v) is 6.97. The number of carbonyl (C=O) groups is 2. The maximum atomic E-state index is 12.9. The molecule has 0 radical (unpaired) electrons. The Morgan fingerprint density at radius 1 is 1.24 bits per heavy atom. The Hall–Kier alpha value is -1.27. The normalized spacial score (nSPS) is 25.0. The molecule has 0 aromatic rings. The van der Waals surface area contributed by atoms with Crippen LogP contribution < -0.4 is 5.73 Å². The highest BCUT2D eigenvalue weighted by molar-refractivity contribution is 5.81. The van der Waals surface area contributed by atoms with E-state index in [1.807, 2.05) is 27.7 Å². The number of halogens is 3. The van der Waals surface area contributed by atoms with Crippen molar-refractivity contribution in [3.05, 3.63) is 0 Å². The second-order valence-corrected chi connectivity index (χ2v) is 6.93. The lowest BCUT2D eigenvalue weighted by Crippen LogP contribution is -2.37. The van der Waals surface area contributed by atoms with E-state index in [4.69, 9.17) is 5.73 Å². The van der Waals surface area contributed by atoms with Crippen molar-refractivity contribution in [3.8, 4) is 0 Å². The summed E-state index contributed by atoms with van der Waals surface area (Å²) in [5, 5.41) is 0. The van der Waals surface area contributed by atoms with Crippen LogP contribution in [0.1, 0.15) is 34.1 Å². The van der Waals surface area contributed by atoms with Gasteiger partial charge in [0.05, 0.1) is 11.8 Å². The van der Waals surface area contributed by atoms with Crippen molar-refractivity contribution in [2.75, 3.05) is 13.1 Å². The fourth-order valence-corrected chi connectivity index (χ4v) is 2.32. The van der Waals surface area contributed by atoms with Gasteiger partial charge in [-0.25, -0.2) is 0 Å². The Labute approximate surface area is 122 Å². The highest BCUT2D eigenvalue weighted by Gasteiger charge is 2.52. The molecule has 4 nitrogen and oxygen atoms in total. The van der Waals surface area contributed by atoms with Crippen LogP contribution in [0.25, 0.3) is 0 Å². The monoisotopic (exact) mass is 308 g/mol. The molecule has 0 aliphatic carbocycles. The number of rotatable bonds is 3. The molecule has 1 rings (SSSR count). The lowest BCUT2D eigenvalue weighted by Gasteiger charge is -2.28. The number of nitrogens with zero attached hydrogens (tertiary/aromatic N) is 1. The summed E-state index contributed by atoms with van der Waals surface area (Å²) in [6.07, 6.45) is -4.36. The fourth-order valence-electron chi connectivity index (χ4n) is 2.32. The second kappa shape index (κ2) is 5.85. The molecule has 1 aliphatic rings. The van der Waals surface area contributed by atoms with Crippen LogP contribution >= 0.6 is 0 Å². The second-order valence-electron chi connectivity index (χ2n) is 6.93. The van der Waals surface area contributed by atoms with E-state index >= 15 is 0 Å². The SMILES string of the molecule is C[C@H](CC(=O)N1C[C@@H](C(F)(F)F)[C@H](C(N)=O)C1)C(C)(C)C. The third-order valence-corrected chi connectivity index (χ3v) is 4.42. The lowest BCUT2D eigenvalue weighted by molar-refractivity contribution is -0.182. The molecule has 21 heavy (non-hydrogen) atoms. The van der Waals surface area contributed by atoms with Crippen LogP contribution in [0.3, 0.4) is 0 Å². The number of carbonyl (C=O) groups excluding carboxylic acids is 2. The summed E-state index contributed by atoms with van der Waals surface area (Å²) in [6, 6.07) is 0. The zero-order valence-corrected chi connectivity index (χ0v) is 12.8. The molecule has 1 saturated heterocycles. The number of primary amides is 1. The predicted octanol–water partition coefficient (Wildman–Crippen LogP) is 2.18. The van der Waals surface area contributed by atoms with Crippen molar-refractivity contribution < 1.29 is 22.8 Å². The summed E-state index contributed by atoms with van der Waals surface area (Å²) < 4.78 is 38.7. The molecular formula is C14H23F3N2O2. The van der Waals surface area contributed by atoms with Gasteiger partial charge in [0, 0.05) is 19.5 Å². The third kappa shape index (κ3) is 4.35. The average Bonchev–Trinajstić information content (AvgIpc) is 2.71. The summed E-state index contributed by atoms with van der Waals surface area (Å²) in [7, 11) is 0. The van der Waals surface area contributed by atoms with Gasteiger partial charge in [0.1, 0.15) is 0 Å². The van der Waals surface area contributed by atoms with Gasteiger partial charge in [0.25, 0.3) is 0 Å². The molecule has 7 heteroatoms. The minimum atomic E-state index is -4.52. The van der Waals surface area contributed by atoms with Gasteiger partial charge < -0.3 is 10.6 Å². The van der Waals surface area contributed by atoms with E-state index < -0.39 is 30.5 Å². The Balaban J connectivity index is 2.78. The van der Waals surface area contributed by atoms with Crippen molar-refractivity contribution in [2.24, 2.45) is 28.9 Å². The number of hydrogen-bond acceptors (Lipinski definition) is 2. The summed E-state index contributed by atoms with van der Waals surface area (Å²) in [6.45, 7) is 7.09. The minimum Gasteiger partial charge on any atom is -0.369 e. The first-order valence-electron chi connectivity index (χ1n) is 6.97. The largest absolute Gasteiger partial charge is 0.394 e. The van der Waals surface area contributed by atoms with Crippen molar-refractivity contribution in [3.63, 3.8) is 0 Å². The van der Waals surface area contributed by atoms with Gasteiger partial charge in [-0.15, -0.1) is 0 Å². The Kier molecular flexibility index (Phi) is 4.95. The predicted molar refractivity (Wildman–Crippen MR) is 72.0 cm³/mol. The highest BCUT2D eigenvalue weighted by atomic mass is 19.4. The smallest absolute Gasteiger partial charge is 0.369 e. The number of alkyl halides is 3. The molecule has 2 amide bonds. The minimum absolute atomic E-state index is 0.0296. The van der Waals surface area contributed by atoms with E-state index in [2.05, 4.69) is 0 Å². The maximum Gasteiger partial charge on any atom is 0.394 e. The van der Waals surface area contributed by atoms with Crippen LogP contribution in [0.4, 0.5) is 13.2 Å². The van der Waals surface area contributed by atoms with E-state index in [0.29, 0.717) is 0 Å². The molecule has 2 N–H and O–H groups in total. The standard InChI is InChI=1S/C14H23F3N2O2/c1-8(13(2,3)4)5-11(20)19-6-9(12(18)21)10(7-19)14(15,16)17/h8-10H,5-7H2,1-4H3,(H2,18,21)/t8-,9-,10-/m1/s1. The van der Waals surface area contributed by atoms with E-state index in [9.17, 15) is 22.8 Å². The van der Waals surface area contributed by atoms with E-state index in [0.717, 1.165) is 4.90 Å². The van der Waals surface area contributed by atoms with Crippen molar-refractivity contribution in [2.45, 2.75) is 40.3 Å². The molecule has 0 unspecified atom stereocenters. The molecule has 0 spiro atoms.